The van der Waals surface area contributed by atoms with Crippen LogP contribution in [0.3, 0.4) is 0 Å². The van der Waals surface area contributed by atoms with Crippen LogP contribution in [0.25, 0.3) is 0 Å². The van der Waals surface area contributed by atoms with Crippen LogP contribution in [0.4, 0.5) is 0 Å². The number of nitrogens with one attached hydrogen (secondary N) is 1. The molecule has 1 aromatic carbocycles. The van der Waals surface area contributed by atoms with E-state index in [0.717, 1.165) is 24.6 Å². The summed E-state index contributed by atoms with van der Waals surface area (Å²) in [5.74, 6) is 1.91. The minimum atomic E-state index is 0.308. The molecule has 102 valence electrons. The average Bonchev–Trinajstić information content (AvgIpc) is 2.76. The summed E-state index contributed by atoms with van der Waals surface area (Å²) >= 11 is 0. The lowest BCUT2D eigenvalue weighted by Gasteiger charge is -2.14. The highest BCUT2D eigenvalue weighted by Crippen LogP contribution is 2.14. The van der Waals surface area contributed by atoms with Crippen molar-refractivity contribution in [3.05, 3.63) is 47.0 Å². The molecule has 1 heterocycles. The van der Waals surface area contributed by atoms with Gasteiger partial charge in [-0.15, -0.1) is 10.2 Å². The molecule has 0 saturated heterocycles. The molecule has 19 heavy (non-hydrogen) atoms. The molecular weight excluding hydrogens is 236 g/mol. The first-order valence-corrected chi connectivity index (χ1v) is 6.79. The van der Waals surface area contributed by atoms with Crippen LogP contribution in [0.2, 0.25) is 0 Å². The lowest BCUT2D eigenvalue weighted by atomic mass is 10.1. The molecule has 1 unspecified atom stereocenters. The SMILES string of the molecule is CCc1ccc(C(C)NCc2nnc(C)n2C)cc1. The third kappa shape index (κ3) is 3.20. The Bertz CT molecular complexity index is 528. The molecular formula is C15H22N4. The Morgan fingerprint density at radius 1 is 1.21 bits per heavy atom. The van der Waals surface area contributed by atoms with Crippen LogP contribution in [-0.4, -0.2) is 14.8 Å². The maximum absolute atomic E-state index is 4.16. The predicted molar refractivity (Wildman–Crippen MR) is 76.8 cm³/mol. The van der Waals surface area contributed by atoms with Crippen LogP contribution in [0, 0.1) is 6.92 Å². The number of aryl methyl sites for hydroxylation is 2. The van der Waals surface area contributed by atoms with Gasteiger partial charge in [0.05, 0.1) is 6.54 Å². The molecule has 2 aromatic rings. The molecule has 1 aromatic heterocycles. The summed E-state index contributed by atoms with van der Waals surface area (Å²) in [6.07, 6.45) is 1.08. The van der Waals surface area contributed by atoms with Gasteiger partial charge < -0.3 is 9.88 Å². The number of hydrogen-bond acceptors (Lipinski definition) is 3. The summed E-state index contributed by atoms with van der Waals surface area (Å²) < 4.78 is 2.01. The van der Waals surface area contributed by atoms with E-state index in [1.54, 1.807) is 0 Å². The van der Waals surface area contributed by atoms with E-state index in [0.29, 0.717) is 6.04 Å². The molecule has 0 aliphatic rings. The number of benzene rings is 1. The summed E-state index contributed by atoms with van der Waals surface area (Å²) in [7, 11) is 1.99. The van der Waals surface area contributed by atoms with E-state index >= 15 is 0 Å². The lowest BCUT2D eigenvalue weighted by Crippen LogP contribution is -2.20. The molecule has 0 radical (unpaired) electrons. The van der Waals surface area contributed by atoms with Crippen molar-refractivity contribution in [2.75, 3.05) is 0 Å². The Balaban J connectivity index is 1.97. The number of rotatable bonds is 5. The van der Waals surface area contributed by atoms with E-state index in [1.165, 1.54) is 11.1 Å². The van der Waals surface area contributed by atoms with E-state index in [9.17, 15) is 0 Å². The molecule has 1 atom stereocenters. The van der Waals surface area contributed by atoms with Crippen molar-refractivity contribution in [2.24, 2.45) is 7.05 Å². The van der Waals surface area contributed by atoms with Crippen molar-refractivity contribution >= 4 is 0 Å². The van der Waals surface area contributed by atoms with Crippen LogP contribution >= 0.6 is 0 Å². The van der Waals surface area contributed by atoms with Crippen LogP contribution < -0.4 is 5.32 Å². The highest BCUT2D eigenvalue weighted by Gasteiger charge is 2.08. The fraction of sp³-hybridized carbons (Fsp3) is 0.467. The lowest BCUT2D eigenvalue weighted by molar-refractivity contribution is 0.547. The zero-order valence-corrected chi connectivity index (χ0v) is 12.1. The maximum Gasteiger partial charge on any atom is 0.146 e. The Hall–Kier alpha value is -1.68. The van der Waals surface area contributed by atoms with Gasteiger partial charge in [0.15, 0.2) is 0 Å². The fourth-order valence-electron chi connectivity index (χ4n) is 2.01. The quantitative estimate of drug-likeness (QED) is 0.896. The minimum absolute atomic E-state index is 0.308. The standard InChI is InChI=1S/C15H22N4/c1-5-13-6-8-14(9-7-13)11(2)16-10-15-18-17-12(3)19(15)4/h6-9,11,16H,5,10H2,1-4H3. The molecule has 0 bridgehead atoms. The Morgan fingerprint density at radius 3 is 2.42 bits per heavy atom. The van der Waals surface area contributed by atoms with Crippen molar-refractivity contribution in [1.29, 1.82) is 0 Å². The average molecular weight is 258 g/mol. The van der Waals surface area contributed by atoms with Crippen molar-refractivity contribution in [3.8, 4) is 0 Å². The highest BCUT2D eigenvalue weighted by molar-refractivity contribution is 5.24. The maximum atomic E-state index is 4.16. The van der Waals surface area contributed by atoms with Crippen molar-refractivity contribution < 1.29 is 0 Å². The second kappa shape index (κ2) is 5.97. The van der Waals surface area contributed by atoms with E-state index in [2.05, 4.69) is 53.6 Å². The topological polar surface area (TPSA) is 42.7 Å². The van der Waals surface area contributed by atoms with Crippen LogP contribution in [-0.2, 0) is 20.0 Å². The van der Waals surface area contributed by atoms with Gasteiger partial charge in [-0.1, -0.05) is 31.2 Å². The van der Waals surface area contributed by atoms with E-state index < -0.39 is 0 Å². The second-order valence-electron chi connectivity index (χ2n) is 4.92. The third-order valence-corrected chi connectivity index (χ3v) is 3.64. The molecule has 0 aliphatic heterocycles. The van der Waals surface area contributed by atoms with Gasteiger partial charge in [0, 0.05) is 13.1 Å². The van der Waals surface area contributed by atoms with E-state index in [-0.39, 0.29) is 0 Å². The van der Waals surface area contributed by atoms with Gasteiger partial charge in [-0.2, -0.15) is 0 Å². The molecule has 0 amide bonds. The van der Waals surface area contributed by atoms with Gasteiger partial charge >= 0.3 is 0 Å². The first kappa shape index (κ1) is 13.7. The molecule has 2 rings (SSSR count). The molecule has 4 heteroatoms. The fourth-order valence-corrected chi connectivity index (χ4v) is 2.01. The molecule has 0 spiro atoms. The van der Waals surface area contributed by atoms with Gasteiger partial charge in [0.1, 0.15) is 11.6 Å². The summed E-state index contributed by atoms with van der Waals surface area (Å²) in [5.41, 5.74) is 2.68. The Morgan fingerprint density at radius 2 is 1.89 bits per heavy atom. The van der Waals surface area contributed by atoms with Crippen LogP contribution in [0.15, 0.2) is 24.3 Å². The monoisotopic (exact) mass is 258 g/mol. The zero-order valence-electron chi connectivity index (χ0n) is 12.1. The highest BCUT2D eigenvalue weighted by atomic mass is 15.3. The molecule has 4 nitrogen and oxygen atoms in total. The zero-order chi connectivity index (χ0) is 13.8. The van der Waals surface area contributed by atoms with E-state index in [1.807, 2.05) is 18.5 Å². The number of hydrogen-bond donors (Lipinski definition) is 1. The van der Waals surface area contributed by atoms with Gasteiger partial charge in [-0.25, -0.2) is 0 Å². The first-order chi connectivity index (χ1) is 9.11. The minimum Gasteiger partial charge on any atom is -0.317 e. The van der Waals surface area contributed by atoms with Gasteiger partial charge in [0.2, 0.25) is 0 Å². The third-order valence-electron chi connectivity index (χ3n) is 3.64. The summed E-state index contributed by atoms with van der Waals surface area (Å²) in [5, 5.41) is 11.7. The Kier molecular flexibility index (Phi) is 4.32. The van der Waals surface area contributed by atoms with Gasteiger partial charge in [-0.05, 0) is 31.4 Å². The van der Waals surface area contributed by atoms with E-state index in [4.69, 9.17) is 0 Å². The second-order valence-corrected chi connectivity index (χ2v) is 4.92. The Labute approximate surface area is 114 Å². The van der Waals surface area contributed by atoms with Gasteiger partial charge in [-0.3, -0.25) is 0 Å². The van der Waals surface area contributed by atoms with Crippen molar-refractivity contribution in [1.82, 2.24) is 20.1 Å². The van der Waals surface area contributed by atoms with Crippen molar-refractivity contribution in [3.63, 3.8) is 0 Å². The normalized spacial score (nSPS) is 12.6. The van der Waals surface area contributed by atoms with Gasteiger partial charge in [0.25, 0.3) is 0 Å². The summed E-state index contributed by atoms with van der Waals surface area (Å²) in [6.45, 7) is 7.04. The van der Waals surface area contributed by atoms with Crippen LogP contribution in [0.1, 0.15) is 42.7 Å². The first-order valence-electron chi connectivity index (χ1n) is 6.79. The number of aromatic nitrogens is 3. The number of nitrogens with zero attached hydrogens (tertiary/aromatic N) is 3. The summed E-state index contributed by atoms with van der Waals surface area (Å²) in [6, 6.07) is 9.08. The molecule has 0 aliphatic carbocycles. The van der Waals surface area contributed by atoms with Crippen LogP contribution in [0.5, 0.6) is 0 Å². The molecule has 0 saturated carbocycles. The smallest absolute Gasteiger partial charge is 0.146 e. The molecule has 1 N–H and O–H groups in total. The summed E-state index contributed by atoms with van der Waals surface area (Å²) in [4.78, 5) is 0. The molecule has 0 fully saturated rings. The predicted octanol–water partition coefficient (Wildman–Crippen LogP) is 2.54. The van der Waals surface area contributed by atoms with Crippen molar-refractivity contribution in [2.45, 2.75) is 39.8 Å². The largest absolute Gasteiger partial charge is 0.317 e.